The van der Waals surface area contributed by atoms with Gasteiger partial charge in [-0.15, -0.1) is 0 Å². The first kappa shape index (κ1) is 14.2. The Morgan fingerprint density at radius 1 is 1.21 bits per heavy atom. The van der Waals surface area contributed by atoms with Gasteiger partial charge in [0.15, 0.2) is 11.5 Å². The molecule has 1 aromatic rings. The number of hydrogen-bond donors (Lipinski definition) is 1. The van der Waals surface area contributed by atoms with E-state index in [-0.39, 0.29) is 0 Å². The fourth-order valence-corrected chi connectivity index (χ4v) is 2.37. The minimum Gasteiger partial charge on any atom is -0.493 e. The molecular formula is C16H25NO2. The molecule has 1 N–H and O–H groups in total. The molecular weight excluding hydrogens is 238 g/mol. The summed E-state index contributed by atoms with van der Waals surface area (Å²) in [5, 5.41) is 3.60. The number of rotatable bonds is 8. The zero-order valence-corrected chi connectivity index (χ0v) is 12.2. The molecule has 0 saturated heterocycles. The Hall–Kier alpha value is -1.22. The molecule has 1 unspecified atom stereocenters. The van der Waals surface area contributed by atoms with E-state index in [4.69, 9.17) is 9.47 Å². The average molecular weight is 263 g/mol. The van der Waals surface area contributed by atoms with E-state index in [1.165, 1.54) is 24.8 Å². The Balaban J connectivity index is 1.82. The fourth-order valence-electron chi connectivity index (χ4n) is 2.37. The Morgan fingerprint density at radius 3 is 2.58 bits per heavy atom. The lowest BCUT2D eigenvalue weighted by atomic mass is 10.1. The maximum Gasteiger partial charge on any atom is 0.160 e. The van der Waals surface area contributed by atoms with Crippen molar-refractivity contribution in [2.45, 2.75) is 38.6 Å². The van der Waals surface area contributed by atoms with Gasteiger partial charge in [0, 0.05) is 6.04 Å². The zero-order valence-electron chi connectivity index (χ0n) is 12.2. The van der Waals surface area contributed by atoms with Crippen molar-refractivity contribution in [3.63, 3.8) is 0 Å². The minimum absolute atomic E-state index is 0.497. The van der Waals surface area contributed by atoms with Crippen molar-refractivity contribution >= 4 is 0 Å². The van der Waals surface area contributed by atoms with Gasteiger partial charge in [-0.25, -0.2) is 0 Å². The van der Waals surface area contributed by atoms with Gasteiger partial charge in [0.25, 0.3) is 0 Å². The molecule has 0 aromatic heterocycles. The van der Waals surface area contributed by atoms with Crippen molar-refractivity contribution in [3.05, 3.63) is 23.8 Å². The van der Waals surface area contributed by atoms with Crippen LogP contribution in [0.2, 0.25) is 0 Å². The first-order valence-corrected chi connectivity index (χ1v) is 7.17. The smallest absolute Gasteiger partial charge is 0.160 e. The van der Waals surface area contributed by atoms with Gasteiger partial charge in [-0.2, -0.15) is 0 Å². The van der Waals surface area contributed by atoms with Gasteiger partial charge in [-0.1, -0.05) is 18.9 Å². The predicted octanol–water partition coefficient (Wildman–Crippen LogP) is 3.02. The number of ether oxygens (including phenoxy) is 2. The topological polar surface area (TPSA) is 30.5 Å². The van der Waals surface area contributed by atoms with Crippen molar-refractivity contribution in [1.29, 1.82) is 0 Å². The van der Waals surface area contributed by atoms with Crippen molar-refractivity contribution < 1.29 is 9.47 Å². The number of benzene rings is 1. The lowest BCUT2D eigenvalue weighted by Gasteiger charge is -2.15. The van der Waals surface area contributed by atoms with Gasteiger partial charge in [0.2, 0.25) is 0 Å². The third-order valence-corrected chi connectivity index (χ3v) is 3.73. The van der Waals surface area contributed by atoms with E-state index in [9.17, 15) is 0 Å². The van der Waals surface area contributed by atoms with Crippen molar-refractivity contribution in [3.8, 4) is 11.5 Å². The van der Waals surface area contributed by atoms with Crippen LogP contribution in [0.1, 0.15) is 31.7 Å². The van der Waals surface area contributed by atoms with Crippen LogP contribution < -0.4 is 14.8 Å². The summed E-state index contributed by atoms with van der Waals surface area (Å²) in [7, 11) is 3.35. The van der Waals surface area contributed by atoms with Gasteiger partial charge in [-0.3, -0.25) is 0 Å². The molecule has 1 aliphatic rings. The molecule has 1 fully saturated rings. The van der Waals surface area contributed by atoms with Crippen LogP contribution in [-0.2, 0) is 6.42 Å². The molecule has 19 heavy (non-hydrogen) atoms. The van der Waals surface area contributed by atoms with Crippen LogP contribution in [0.4, 0.5) is 0 Å². The number of methoxy groups -OCH3 is 2. The first-order valence-electron chi connectivity index (χ1n) is 7.17. The van der Waals surface area contributed by atoms with E-state index in [2.05, 4.69) is 24.4 Å². The molecule has 0 aliphatic heterocycles. The monoisotopic (exact) mass is 263 g/mol. The summed E-state index contributed by atoms with van der Waals surface area (Å²) in [4.78, 5) is 0. The maximum absolute atomic E-state index is 5.33. The Bertz CT molecular complexity index is 402. The van der Waals surface area contributed by atoms with E-state index in [0.29, 0.717) is 6.04 Å². The molecule has 3 heteroatoms. The molecule has 0 heterocycles. The Labute approximate surface area is 116 Å². The largest absolute Gasteiger partial charge is 0.493 e. The number of nitrogens with one attached hydrogen (secondary N) is 1. The summed E-state index contributed by atoms with van der Waals surface area (Å²) in [6.07, 6.45) is 5.22. The summed E-state index contributed by atoms with van der Waals surface area (Å²) in [5.74, 6) is 2.60. The molecule has 3 nitrogen and oxygen atoms in total. The number of hydrogen-bond acceptors (Lipinski definition) is 3. The third-order valence-electron chi connectivity index (χ3n) is 3.73. The lowest BCUT2D eigenvalue weighted by Crippen LogP contribution is -2.29. The lowest BCUT2D eigenvalue weighted by molar-refractivity contribution is 0.354. The van der Waals surface area contributed by atoms with Crippen LogP contribution in [0.15, 0.2) is 18.2 Å². The van der Waals surface area contributed by atoms with E-state index in [0.717, 1.165) is 30.4 Å². The van der Waals surface area contributed by atoms with E-state index in [1.54, 1.807) is 14.2 Å². The second-order valence-electron chi connectivity index (χ2n) is 5.48. The van der Waals surface area contributed by atoms with Crippen LogP contribution in [0.3, 0.4) is 0 Å². The highest BCUT2D eigenvalue weighted by atomic mass is 16.5. The van der Waals surface area contributed by atoms with Crippen LogP contribution in [-0.4, -0.2) is 26.8 Å². The van der Waals surface area contributed by atoms with E-state index < -0.39 is 0 Å². The van der Waals surface area contributed by atoms with Gasteiger partial charge >= 0.3 is 0 Å². The molecule has 0 bridgehead atoms. The highest BCUT2D eigenvalue weighted by molar-refractivity contribution is 5.43. The second-order valence-corrected chi connectivity index (χ2v) is 5.48. The summed E-state index contributed by atoms with van der Waals surface area (Å²) >= 11 is 0. The van der Waals surface area contributed by atoms with Crippen molar-refractivity contribution in [2.24, 2.45) is 5.92 Å². The third kappa shape index (κ3) is 4.43. The Morgan fingerprint density at radius 2 is 1.95 bits per heavy atom. The molecule has 2 rings (SSSR count). The summed E-state index contributed by atoms with van der Waals surface area (Å²) in [5.41, 5.74) is 1.28. The zero-order chi connectivity index (χ0) is 13.7. The van der Waals surface area contributed by atoms with Crippen LogP contribution in [0, 0.1) is 5.92 Å². The highest BCUT2D eigenvalue weighted by Crippen LogP contribution is 2.31. The summed E-state index contributed by atoms with van der Waals surface area (Å²) in [6.45, 7) is 3.38. The standard InChI is InChI=1S/C16H25NO2/c1-12(17-9-8-13-4-5-13)10-14-6-7-15(18-2)16(11-14)19-3/h6-7,11-13,17H,4-5,8-10H2,1-3H3. The molecule has 0 radical (unpaired) electrons. The van der Waals surface area contributed by atoms with Crippen LogP contribution >= 0.6 is 0 Å². The molecule has 0 amide bonds. The first-order chi connectivity index (χ1) is 9.22. The average Bonchev–Trinajstić information content (AvgIpc) is 3.22. The van der Waals surface area contributed by atoms with Crippen LogP contribution in [0.5, 0.6) is 11.5 Å². The van der Waals surface area contributed by atoms with E-state index >= 15 is 0 Å². The maximum atomic E-state index is 5.33. The van der Waals surface area contributed by atoms with Gasteiger partial charge in [0.1, 0.15) is 0 Å². The molecule has 1 saturated carbocycles. The SMILES string of the molecule is COc1ccc(CC(C)NCCC2CC2)cc1OC. The quantitative estimate of drug-likeness (QED) is 0.782. The molecule has 106 valence electrons. The minimum atomic E-state index is 0.497. The molecule has 1 atom stereocenters. The summed E-state index contributed by atoms with van der Waals surface area (Å²) < 4.78 is 10.6. The fraction of sp³-hybridized carbons (Fsp3) is 0.625. The highest BCUT2D eigenvalue weighted by Gasteiger charge is 2.20. The predicted molar refractivity (Wildman–Crippen MR) is 78.1 cm³/mol. The van der Waals surface area contributed by atoms with E-state index in [1.807, 2.05) is 6.07 Å². The van der Waals surface area contributed by atoms with Crippen LogP contribution in [0.25, 0.3) is 0 Å². The second kappa shape index (κ2) is 6.80. The van der Waals surface area contributed by atoms with Crippen molar-refractivity contribution in [1.82, 2.24) is 5.32 Å². The molecule has 0 spiro atoms. The molecule has 1 aliphatic carbocycles. The Kier molecular flexibility index (Phi) is 5.08. The normalized spacial score (nSPS) is 16.2. The summed E-state index contributed by atoms with van der Waals surface area (Å²) in [6, 6.07) is 6.65. The van der Waals surface area contributed by atoms with Gasteiger partial charge in [-0.05, 0) is 49.9 Å². The van der Waals surface area contributed by atoms with Gasteiger partial charge in [0.05, 0.1) is 14.2 Å². The van der Waals surface area contributed by atoms with Gasteiger partial charge < -0.3 is 14.8 Å². The molecule has 1 aromatic carbocycles. The van der Waals surface area contributed by atoms with Crippen molar-refractivity contribution in [2.75, 3.05) is 20.8 Å².